The van der Waals surface area contributed by atoms with Crippen LogP contribution in [0.3, 0.4) is 0 Å². The molecule has 0 amide bonds. The maximum atomic E-state index is 4.62. The predicted molar refractivity (Wildman–Crippen MR) is 91.8 cm³/mol. The van der Waals surface area contributed by atoms with Crippen LogP contribution < -0.4 is 5.32 Å². The average Bonchev–Trinajstić information content (AvgIpc) is 3.03. The number of hydrogen-bond acceptors (Lipinski definition) is 6. The number of nitrogens with zero attached hydrogens (tertiary/aromatic N) is 6. The quantitative estimate of drug-likeness (QED) is 0.626. The molecule has 1 N–H and O–H groups in total. The molecule has 0 radical (unpaired) electrons. The van der Waals surface area contributed by atoms with Crippen molar-refractivity contribution < 1.29 is 0 Å². The minimum absolute atomic E-state index is 0.656. The van der Waals surface area contributed by atoms with E-state index in [9.17, 15) is 0 Å². The first-order valence-corrected chi connectivity index (χ1v) is 7.50. The van der Waals surface area contributed by atoms with Gasteiger partial charge < -0.3 is 5.32 Å². The van der Waals surface area contributed by atoms with Gasteiger partial charge in [0.05, 0.1) is 22.9 Å². The molecule has 0 spiro atoms. The zero-order valence-electron chi connectivity index (χ0n) is 13.3. The summed E-state index contributed by atoms with van der Waals surface area (Å²) in [5.41, 5.74) is 4.51. The Balaban J connectivity index is 1.69. The van der Waals surface area contributed by atoms with Gasteiger partial charge in [-0.3, -0.25) is 9.67 Å². The van der Waals surface area contributed by atoms with Crippen LogP contribution in [0.1, 0.15) is 5.69 Å². The van der Waals surface area contributed by atoms with Crippen LogP contribution in [0.2, 0.25) is 0 Å². The van der Waals surface area contributed by atoms with Crippen molar-refractivity contribution in [3.63, 3.8) is 0 Å². The van der Waals surface area contributed by atoms with Gasteiger partial charge in [0, 0.05) is 30.6 Å². The highest BCUT2D eigenvalue weighted by atomic mass is 15.2. The molecule has 0 aliphatic heterocycles. The molecule has 4 aromatic rings. The van der Waals surface area contributed by atoms with Crippen molar-refractivity contribution in [2.24, 2.45) is 7.05 Å². The smallest absolute Gasteiger partial charge is 0.154 e. The summed E-state index contributed by atoms with van der Waals surface area (Å²) in [5, 5.41) is 15.5. The molecule has 0 aliphatic rings. The van der Waals surface area contributed by atoms with E-state index in [0.29, 0.717) is 11.6 Å². The maximum Gasteiger partial charge on any atom is 0.154 e. The van der Waals surface area contributed by atoms with Crippen molar-refractivity contribution >= 4 is 22.7 Å². The summed E-state index contributed by atoms with van der Waals surface area (Å²) in [5.74, 6) is 1.36. The van der Waals surface area contributed by atoms with Gasteiger partial charge in [-0.2, -0.15) is 10.2 Å². The Morgan fingerprint density at radius 1 is 0.917 bits per heavy atom. The number of fused-ring (bicyclic) bond motifs is 1. The zero-order valence-corrected chi connectivity index (χ0v) is 13.3. The maximum absolute atomic E-state index is 4.62. The molecule has 4 heterocycles. The van der Waals surface area contributed by atoms with Gasteiger partial charge in [0.1, 0.15) is 5.82 Å². The van der Waals surface area contributed by atoms with Crippen LogP contribution in [0.15, 0.2) is 48.9 Å². The lowest BCUT2D eigenvalue weighted by atomic mass is 10.1. The Morgan fingerprint density at radius 3 is 2.54 bits per heavy atom. The SMILES string of the molecule is Cc1ccc(Nc2ccc3ncc(-c4cnn(C)c4)cc3n2)nn1. The van der Waals surface area contributed by atoms with E-state index in [1.165, 1.54) is 0 Å². The van der Waals surface area contributed by atoms with E-state index in [1.807, 2.05) is 62.9 Å². The molecule has 4 rings (SSSR count). The number of aryl methyl sites for hydroxylation is 2. The van der Waals surface area contributed by atoms with Gasteiger partial charge in [0.2, 0.25) is 0 Å². The molecule has 7 nitrogen and oxygen atoms in total. The van der Waals surface area contributed by atoms with E-state index >= 15 is 0 Å². The predicted octanol–water partition coefficient (Wildman–Crippen LogP) is 2.87. The summed E-state index contributed by atoms with van der Waals surface area (Å²) >= 11 is 0. The third-order valence-electron chi connectivity index (χ3n) is 3.63. The molecule has 0 aliphatic carbocycles. The summed E-state index contributed by atoms with van der Waals surface area (Å²) in [6.07, 6.45) is 5.60. The molecule has 0 saturated carbocycles. The molecule has 118 valence electrons. The second kappa shape index (κ2) is 5.69. The first-order valence-electron chi connectivity index (χ1n) is 7.50. The summed E-state index contributed by atoms with van der Waals surface area (Å²) in [6, 6.07) is 9.59. The van der Waals surface area contributed by atoms with Crippen LogP contribution in [-0.2, 0) is 7.05 Å². The van der Waals surface area contributed by atoms with E-state index in [-0.39, 0.29) is 0 Å². The molecule has 0 atom stereocenters. The third-order valence-corrected chi connectivity index (χ3v) is 3.63. The lowest BCUT2D eigenvalue weighted by molar-refractivity contribution is 0.768. The second-order valence-electron chi connectivity index (χ2n) is 5.55. The van der Waals surface area contributed by atoms with E-state index in [2.05, 4.69) is 30.6 Å². The molecule has 0 unspecified atom stereocenters. The Bertz CT molecular complexity index is 1010. The molecule has 0 saturated heterocycles. The monoisotopic (exact) mass is 317 g/mol. The summed E-state index contributed by atoms with van der Waals surface area (Å²) < 4.78 is 1.76. The highest BCUT2D eigenvalue weighted by molar-refractivity contribution is 5.81. The third kappa shape index (κ3) is 2.79. The van der Waals surface area contributed by atoms with Crippen molar-refractivity contribution in [2.45, 2.75) is 6.92 Å². The fourth-order valence-electron chi connectivity index (χ4n) is 2.40. The number of rotatable bonds is 3. The van der Waals surface area contributed by atoms with Gasteiger partial charge in [0.25, 0.3) is 0 Å². The van der Waals surface area contributed by atoms with Crippen LogP contribution in [0.4, 0.5) is 11.6 Å². The molecule has 24 heavy (non-hydrogen) atoms. The van der Waals surface area contributed by atoms with Gasteiger partial charge in [-0.05, 0) is 37.3 Å². The summed E-state index contributed by atoms with van der Waals surface area (Å²) in [6.45, 7) is 1.90. The molecular weight excluding hydrogens is 302 g/mol. The van der Waals surface area contributed by atoms with Crippen LogP contribution >= 0.6 is 0 Å². The molecule has 4 aromatic heterocycles. The highest BCUT2D eigenvalue weighted by Gasteiger charge is 2.06. The molecule has 7 heteroatoms. The lowest BCUT2D eigenvalue weighted by Crippen LogP contribution is -1.98. The first kappa shape index (κ1) is 14.3. The van der Waals surface area contributed by atoms with E-state index in [1.54, 1.807) is 4.68 Å². The van der Waals surface area contributed by atoms with Crippen molar-refractivity contribution in [3.05, 3.63) is 54.6 Å². The van der Waals surface area contributed by atoms with Gasteiger partial charge >= 0.3 is 0 Å². The Hall–Kier alpha value is -3.35. The number of anilines is 2. The molecular formula is C17H15N7. The molecule has 0 bridgehead atoms. The fraction of sp³-hybridized carbons (Fsp3) is 0.118. The number of hydrogen-bond donors (Lipinski definition) is 1. The first-order chi connectivity index (χ1) is 11.7. The van der Waals surface area contributed by atoms with Crippen molar-refractivity contribution in [1.29, 1.82) is 0 Å². The van der Waals surface area contributed by atoms with Gasteiger partial charge in [0.15, 0.2) is 5.82 Å². The zero-order chi connectivity index (χ0) is 16.5. The van der Waals surface area contributed by atoms with Gasteiger partial charge in [-0.25, -0.2) is 4.98 Å². The van der Waals surface area contributed by atoms with Gasteiger partial charge in [-0.15, -0.1) is 5.10 Å². The van der Waals surface area contributed by atoms with Crippen molar-refractivity contribution in [3.8, 4) is 11.1 Å². The van der Waals surface area contributed by atoms with Crippen molar-refractivity contribution in [1.82, 2.24) is 29.9 Å². The van der Waals surface area contributed by atoms with Gasteiger partial charge in [-0.1, -0.05) is 0 Å². The number of pyridine rings is 2. The van der Waals surface area contributed by atoms with E-state index in [0.717, 1.165) is 27.9 Å². The summed E-state index contributed by atoms with van der Waals surface area (Å²) in [4.78, 5) is 9.09. The Kier molecular flexibility index (Phi) is 3.38. The molecule has 0 fully saturated rings. The second-order valence-corrected chi connectivity index (χ2v) is 5.55. The highest BCUT2D eigenvalue weighted by Crippen LogP contribution is 2.23. The largest absolute Gasteiger partial charge is 0.323 e. The Morgan fingerprint density at radius 2 is 1.79 bits per heavy atom. The van der Waals surface area contributed by atoms with E-state index < -0.39 is 0 Å². The minimum Gasteiger partial charge on any atom is -0.323 e. The molecule has 0 aromatic carbocycles. The van der Waals surface area contributed by atoms with Crippen LogP contribution in [0.5, 0.6) is 0 Å². The van der Waals surface area contributed by atoms with E-state index in [4.69, 9.17) is 0 Å². The van der Waals surface area contributed by atoms with Crippen LogP contribution in [-0.4, -0.2) is 29.9 Å². The lowest BCUT2D eigenvalue weighted by Gasteiger charge is -2.06. The number of aromatic nitrogens is 6. The van der Waals surface area contributed by atoms with Crippen molar-refractivity contribution in [2.75, 3.05) is 5.32 Å². The number of nitrogens with one attached hydrogen (secondary N) is 1. The topological polar surface area (TPSA) is 81.4 Å². The van der Waals surface area contributed by atoms with Crippen LogP contribution in [0, 0.1) is 6.92 Å². The van der Waals surface area contributed by atoms with Crippen LogP contribution in [0.25, 0.3) is 22.2 Å². The summed E-state index contributed by atoms with van der Waals surface area (Å²) in [7, 11) is 1.89. The average molecular weight is 317 g/mol. The Labute approximate surface area is 138 Å². The standard InChI is InChI=1S/C17H15N7/c1-11-3-5-17(23-22-11)21-16-6-4-14-15(20-16)7-12(8-18-14)13-9-19-24(2)10-13/h3-10H,1-2H3,(H,20,21,23). The normalized spacial score (nSPS) is 10.9. The minimum atomic E-state index is 0.656. The fourth-order valence-corrected chi connectivity index (χ4v) is 2.40.